The highest BCUT2D eigenvalue weighted by atomic mass is 32.2. The van der Waals surface area contributed by atoms with Gasteiger partial charge in [0.2, 0.25) is 10.0 Å². The van der Waals surface area contributed by atoms with E-state index in [9.17, 15) is 8.42 Å². The van der Waals surface area contributed by atoms with E-state index in [4.69, 9.17) is 0 Å². The number of benzene rings is 1. The molecular weight excluding hydrogens is 304 g/mol. The second-order valence-electron chi connectivity index (χ2n) is 5.40. The van der Waals surface area contributed by atoms with Crippen molar-refractivity contribution in [3.63, 3.8) is 0 Å². The van der Waals surface area contributed by atoms with Crippen molar-refractivity contribution in [2.45, 2.75) is 38.3 Å². The molecule has 120 valence electrons. The highest BCUT2D eigenvalue weighted by Gasteiger charge is 2.27. The fraction of sp³-hybridized carbons (Fsp3) is 0.600. The first-order chi connectivity index (χ1) is 9.75. The molecule has 1 aromatic carbocycles. The van der Waals surface area contributed by atoms with Crippen LogP contribution < -0.4 is 5.32 Å². The zero-order valence-corrected chi connectivity index (χ0v) is 15.4. The molecule has 0 aliphatic heterocycles. The third kappa shape index (κ3) is 4.22. The molecule has 0 saturated carbocycles. The maximum Gasteiger partial charge on any atom is 0.243 e. The van der Waals surface area contributed by atoms with Crippen LogP contribution >= 0.6 is 11.8 Å². The fourth-order valence-corrected chi connectivity index (χ4v) is 4.69. The van der Waals surface area contributed by atoms with Gasteiger partial charge in [0.1, 0.15) is 0 Å². The van der Waals surface area contributed by atoms with E-state index < -0.39 is 10.0 Å². The molecule has 1 rings (SSSR count). The smallest absolute Gasteiger partial charge is 0.243 e. The molecule has 4 nitrogen and oxygen atoms in total. The Morgan fingerprint density at radius 3 is 2.43 bits per heavy atom. The highest BCUT2D eigenvalue weighted by Crippen LogP contribution is 2.25. The van der Waals surface area contributed by atoms with Crippen LogP contribution in [0.25, 0.3) is 0 Å². The van der Waals surface area contributed by atoms with Crippen LogP contribution in [0.3, 0.4) is 0 Å². The van der Waals surface area contributed by atoms with Gasteiger partial charge in [0, 0.05) is 25.4 Å². The summed E-state index contributed by atoms with van der Waals surface area (Å²) in [5.74, 6) is 0.782. The van der Waals surface area contributed by atoms with E-state index in [-0.39, 0.29) is 6.04 Å². The van der Waals surface area contributed by atoms with E-state index in [0.717, 1.165) is 22.4 Å². The van der Waals surface area contributed by atoms with Gasteiger partial charge < -0.3 is 5.32 Å². The number of aryl methyl sites for hydroxylation is 2. The van der Waals surface area contributed by atoms with Crippen LogP contribution in [0, 0.1) is 13.8 Å². The van der Waals surface area contributed by atoms with E-state index in [1.54, 1.807) is 24.9 Å². The largest absolute Gasteiger partial charge is 0.316 e. The minimum absolute atomic E-state index is 0.0292. The summed E-state index contributed by atoms with van der Waals surface area (Å²) in [6.07, 6.45) is 1.99. The summed E-state index contributed by atoms with van der Waals surface area (Å²) in [7, 11) is 0.0648. The number of rotatable bonds is 7. The van der Waals surface area contributed by atoms with Crippen molar-refractivity contribution >= 4 is 21.8 Å². The average molecular weight is 331 g/mol. The Kier molecular flexibility index (Phi) is 6.71. The predicted octanol–water partition coefficient (Wildman–Crippen LogP) is 2.39. The summed E-state index contributed by atoms with van der Waals surface area (Å²) < 4.78 is 27.1. The Hall–Kier alpha value is -0.560. The number of hydrogen-bond donors (Lipinski definition) is 1. The van der Waals surface area contributed by atoms with E-state index in [0.29, 0.717) is 11.4 Å². The molecular formula is C15H26N2O2S2. The molecule has 6 heteroatoms. The van der Waals surface area contributed by atoms with Crippen molar-refractivity contribution in [2.75, 3.05) is 26.1 Å². The van der Waals surface area contributed by atoms with Gasteiger partial charge in [-0.2, -0.15) is 16.1 Å². The summed E-state index contributed by atoms with van der Waals surface area (Å²) in [5, 5.41) is 3.08. The van der Waals surface area contributed by atoms with Gasteiger partial charge in [0.15, 0.2) is 0 Å². The maximum absolute atomic E-state index is 12.8. The third-order valence-corrected chi connectivity index (χ3v) is 6.62. The van der Waals surface area contributed by atoms with Crippen molar-refractivity contribution in [3.05, 3.63) is 28.8 Å². The fourth-order valence-electron chi connectivity index (χ4n) is 2.27. The lowest BCUT2D eigenvalue weighted by Gasteiger charge is -2.25. The zero-order chi connectivity index (χ0) is 16.2. The molecule has 0 spiro atoms. The lowest BCUT2D eigenvalue weighted by Crippen LogP contribution is -2.37. The van der Waals surface area contributed by atoms with E-state index >= 15 is 0 Å². The number of nitrogens with zero attached hydrogens (tertiary/aromatic N) is 1. The summed E-state index contributed by atoms with van der Waals surface area (Å²) in [6, 6.07) is 3.73. The molecule has 0 aromatic heterocycles. The normalized spacial score (nSPS) is 13.7. The summed E-state index contributed by atoms with van der Waals surface area (Å²) in [4.78, 5) is 0.411. The minimum Gasteiger partial charge on any atom is -0.316 e. The number of thioether (sulfide) groups is 1. The van der Waals surface area contributed by atoms with Crippen molar-refractivity contribution in [3.8, 4) is 0 Å². The summed E-state index contributed by atoms with van der Waals surface area (Å²) in [6.45, 7) is 6.47. The van der Waals surface area contributed by atoms with Crippen molar-refractivity contribution in [1.82, 2.24) is 9.62 Å². The Morgan fingerprint density at radius 1 is 1.29 bits per heavy atom. The quantitative estimate of drug-likeness (QED) is 0.834. The van der Waals surface area contributed by atoms with Crippen LogP contribution in [0.4, 0.5) is 0 Å². The lowest BCUT2D eigenvalue weighted by molar-refractivity contribution is 0.414. The Labute approximate surface area is 133 Å². The summed E-state index contributed by atoms with van der Waals surface area (Å²) in [5.41, 5.74) is 2.93. The number of sulfonamides is 1. The van der Waals surface area contributed by atoms with Crippen LogP contribution in [-0.4, -0.2) is 44.9 Å². The SMILES string of the molecule is CNCc1cc(S(=O)(=O)N(C)C(C)CSC)c(C)cc1C. The topological polar surface area (TPSA) is 49.4 Å². The van der Waals surface area contributed by atoms with Gasteiger partial charge in [-0.15, -0.1) is 0 Å². The van der Waals surface area contributed by atoms with Gasteiger partial charge in [-0.05, 0) is 56.8 Å². The van der Waals surface area contributed by atoms with E-state index in [2.05, 4.69) is 5.32 Å². The molecule has 0 heterocycles. The molecule has 21 heavy (non-hydrogen) atoms. The molecule has 0 amide bonds. The van der Waals surface area contributed by atoms with E-state index in [1.807, 2.05) is 40.1 Å². The van der Waals surface area contributed by atoms with Crippen LogP contribution in [-0.2, 0) is 16.6 Å². The molecule has 0 saturated heterocycles. The van der Waals surface area contributed by atoms with Crippen molar-refractivity contribution in [2.24, 2.45) is 0 Å². The van der Waals surface area contributed by atoms with E-state index in [1.165, 1.54) is 4.31 Å². The standard InChI is InChI=1S/C15H26N2O2S2/c1-11-7-12(2)15(8-14(11)9-16-4)21(18,19)17(5)13(3)10-20-6/h7-8,13,16H,9-10H2,1-6H3. The van der Waals surface area contributed by atoms with Gasteiger partial charge >= 0.3 is 0 Å². The predicted molar refractivity (Wildman–Crippen MR) is 91.5 cm³/mol. The molecule has 1 atom stereocenters. The zero-order valence-electron chi connectivity index (χ0n) is 13.7. The second kappa shape index (κ2) is 7.63. The Morgan fingerprint density at radius 2 is 1.90 bits per heavy atom. The molecule has 0 fully saturated rings. The van der Waals surface area contributed by atoms with Crippen molar-refractivity contribution < 1.29 is 8.42 Å². The summed E-state index contributed by atoms with van der Waals surface area (Å²) >= 11 is 1.65. The van der Waals surface area contributed by atoms with Crippen LogP contribution in [0.1, 0.15) is 23.6 Å². The number of hydrogen-bond acceptors (Lipinski definition) is 4. The van der Waals surface area contributed by atoms with Gasteiger partial charge in [0.25, 0.3) is 0 Å². The number of nitrogens with one attached hydrogen (secondary N) is 1. The molecule has 1 aromatic rings. The highest BCUT2D eigenvalue weighted by molar-refractivity contribution is 7.98. The van der Waals surface area contributed by atoms with Crippen LogP contribution in [0.5, 0.6) is 0 Å². The molecule has 0 aliphatic carbocycles. The Bertz CT molecular complexity index is 586. The minimum atomic E-state index is -3.46. The van der Waals surface area contributed by atoms with Gasteiger partial charge in [-0.25, -0.2) is 8.42 Å². The Balaban J connectivity index is 3.27. The molecule has 0 bridgehead atoms. The van der Waals surface area contributed by atoms with Crippen molar-refractivity contribution in [1.29, 1.82) is 0 Å². The average Bonchev–Trinajstić information content (AvgIpc) is 2.41. The van der Waals surface area contributed by atoms with Gasteiger partial charge in [-0.1, -0.05) is 6.07 Å². The van der Waals surface area contributed by atoms with Gasteiger partial charge in [0.05, 0.1) is 4.90 Å². The first-order valence-corrected chi connectivity index (χ1v) is 9.80. The molecule has 1 N–H and O–H groups in total. The molecule has 0 aliphatic rings. The first kappa shape index (κ1) is 18.5. The third-order valence-electron chi connectivity index (χ3n) is 3.69. The van der Waals surface area contributed by atoms with Gasteiger partial charge in [-0.3, -0.25) is 0 Å². The first-order valence-electron chi connectivity index (χ1n) is 6.97. The molecule has 0 radical (unpaired) electrons. The van der Waals surface area contributed by atoms with Crippen LogP contribution in [0.15, 0.2) is 17.0 Å². The molecule has 1 unspecified atom stereocenters. The second-order valence-corrected chi connectivity index (χ2v) is 8.28. The van der Waals surface area contributed by atoms with Crippen LogP contribution in [0.2, 0.25) is 0 Å². The lowest BCUT2D eigenvalue weighted by atomic mass is 10.1. The monoisotopic (exact) mass is 330 g/mol. The maximum atomic E-state index is 12.8.